The van der Waals surface area contributed by atoms with E-state index in [-0.39, 0.29) is 17.6 Å². The van der Waals surface area contributed by atoms with Crippen molar-refractivity contribution in [1.29, 1.82) is 0 Å². The molecule has 0 aliphatic carbocycles. The number of hydrogen-bond acceptors (Lipinski definition) is 3. The Morgan fingerprint density at radius 1 is 1.40 bits per heavy atom. The maximum absolute atomic E-state index is 11.4. The van der Waals surface area contributed by atoms with Gasteiger partial charge in [0, 0.05) is 19.0 Å². The normalized spacial score (nSPS) is 28.2. The summed E-state index contributed by atoms with van der Waals surface area (Å²) in [6, 6.07) is 0. The van der Waals surface area contributed by atoms with Crippen LogP contribution in [0.3, 0.4) is 0 Å². The Bertz CT molecular complexity index is 337. The van der Waals surface area contributed by atoms with Gasteiger partial charge in [-0.25, -0.2) is 12.7 Å². The fraction of sp³-hybridized carbons (Fsp3) is 0.900. The van der Waals surface area contributed by atoms with Crippen LogP contribution < -0.4 is 0 Å². The molecule has 1 rings (SSSR count). The summed E-state index contributed by atoms with van der Waals surface area (Å²) >= 11 is 0. The van der Waals surface area contributed by atoms with E-state index in [0.717, 1.165) is 12.8 Å². The molecule has 0 N–H and O–H groups in total. The zero-order valence-electron chi connectivity index (χ0n) is 9.56. The minimum absolute atomic E-state index is 0.0975. The van der Waals surface area contributed by atoms with Gasteiger partial charge >= 0.3 is 0 Å². The molecular weight excluding hydrogens is 214 g/mol. The van der Waals surface area contributed by atoms with Crippen LogP contribution in [-0.2, 0) is 14.8 Å². The SMILES string of the molecule is CCC[C@H]1CN(S(C)(=O)=O)CC1C(C)=O. The van der Waals surface area contributed by atoms with E-state index in [9.17, 15) is 13.2 Å². The van der Waals surface area contributed by atoms with Crippen molar-refractivity contribution in [1.82, 2.24) is 4.31 Å². The molecule has 1 aliphatic rings. The van der Waals surface area contributed by atoms with Crippen molar-refractivity contribution in [2.24, 2.45) is 11.8 Å². The van der Waals surface area contributed by atoms with Gasteiger partial charge in [-0.3, -0.25) is 4.79 Å². The molecule has 0 bridgehead atoms. The maximum Gasteiger partial charge on any atom is 0.211 e. The summed E-state index contributed by atoms with van der Waals surface area (Å²) < 4.78 is 24.2. The first kappa shape index (κ1) is 12.6. The molecule has 4 nitrogen and oxygen atoms in total. The Hall–Kier alpha value is -0.420. The Morgan fingerprint density at radius 2 is 2.00 bits per heavy atom. The number of hydrogen-bond donors (Lipinski definition) is 0. The average Bonchev–Trinajstić information content (AvgIpc) is 2.48. The van der Waals surface area contributed by atoms with Crippen molar-refractivity contribution in [3.63, 3.8) is 0 Å². The molecule has 0 radical (unpaired) electrons. The minimum Gasteiger partial charge on any atom is -0.300 e. The summed E-state index contributed by atoms with van der Waals surface area (Å²) in [6.07, 6.45) is 3.13. The van der Waals surface area contributed by atoms with E-state index in [4.69, 9.17) is 0 Å². The first-order chi connectivity index (χ1) is 6.86. The lowest BCUT2D eigenvalue weighted by atomic mass is 9.89. The summed E-state index contributed by atoms with van der Waals surface area (Å²) in [5.41, 5.74) is 0. The van der Waals surface area contributed by atoms with Crippen LogP contribution in [0, 0.1) is 11.8 Å². The molecule has 0 aromatic heterocycles. The quantitative estimate of drug-likeness (QED) is 0.724. The second kappa shape index (κ2) is 4.61. The smallest absolute Gasteiger partial charge is 0.211 e. The molecule has 0 amide bonds. The predicted molar refractivity (Wildman–Crippen MR) is 59.0 cm³/mol. The molecule has 1 aliphatic heterocycles. The maximum atomic E-state index is 11.4. The molecule has 0 saturated carbocycles. The lowest BCUT2D eigenvalue weighted by Gasteiger charge is -2.13. The highest BCUT2D eigenvalue weighted by Gasteiger charge is 2.38. The molecule has 88 valence electrons. The van der Waals surface area contributed by atoms with Crippen molar-refractivity contribution in [2.75, 3.05) is 19.3 Å². The Labute approximate surface area is 91.7 Å². The van der Waals surface area contributed by atoms with Crippen LogP contribution in [0.5, 0.6) is 0 Å². The highest BCUT2D eigenvalue weighted by molar-refractivity contribution is 7.88. The van der Waals surface area contributed by atoms with Gasteiger partial charge in [0.1, 0.15) is 5.78 Å². The highest BCUT2D eigenvalue weighted by Crippen LogP contribution is 2.29. The van der Waals surface area contributed by atoms with Gasteiger partial charge in [-0.1, -0.05) is 13.3 Å². The summed E-state index contributed by atoms with van der Waals surface area (Å²) in [5, 5.41) is 0. The minimum atomic E-state index is -3.14. The van der Waals surface area contributed by atoms with Crippen molar-refractivity contribution in [2.45, 2.75) is 26.7 Å². The van der Waals surface area contributed by atoms with E-state index in [1.54, 1.807) is 6.92 Å². The Balaban J connectivity index is 2.78. The molecule has 0 aromatic rings. The lowest BCUT2D eigenvalue weighted by Crippen LogP contribution is -2.28. The van der Waals surface area contributed by atoms with Crippen LogP contribution >= 0.6 is 0 Å². The van der Waals surface area contributed by atoms with Gasteiger partial charge in [-0.15, -0.1) is 0 Å². The van der Waals surface area contributed by atoms with Gasteiger partial charge < -0.3 is 0 Å². The number of nitrogens with zero attached hydrogens (tertiary/aromatic N) is 1. The van der Waals surface area contributed by atoms with Gasteiger partial charge in [0.15, 0.2) is 0 Å². The predicted octanol–water partition coefficient (Wildman–Crippen LogP) is 0.883. The summed E-state index contributed by atoms with van der Waals surface area (Å²) in [6.45, 7) is 4.50. The number of rotatable bonds is 4. The Morgan fingerprint density at radius 3 is 2.40 bits per heavy atom. The van der Waals surface area contributed by atoms with Crippen LogP contribution in [0.25, 0.3) is 0 Å². The highest BCUT2D eigenvalue weighted by atomic mass is 32.2. The third-order valence-electron chi connectivity index (χ3n) is 3.06. The van der Waals surface area contributed by atoms with Crippen LogP contribution in [-0.4, -0.2) is 37.9 Å². The van der Waals surface area contributed by atoms with Crippen molar-refractivity contribution in [3.8, 4) is 0 Å². The second-order valence-corrected chi connectivity index (χ2v) is 6.33. The molecule has 0 aromatic carbocycles. The molecule has 0 spiro atoms. The lowest BCUT2D eigenvalue weighted by molar-refractivity contribution is -0.121. The molecule has 1 fully saturated rings. The third kappa shape index (κ3) is 3.01. The van der Waals surface area contributed by atoms with Crippen molar-refractivity contribution in [3.05, 3.63) is 0 Å². The molecular formula is C10H19NO3S. The van der Waals surface area contributed by atoms with Crippen LogP contribution in [0.4, 0.5) is 0 Å². The number of Topliss-reactive ketones (excluding diaryl/α,β-unsaturated/α-hetero) is 1. The zero-order chi connectivity index (χ0) is 11.6. The van der Waals surface area contributed by atoms with Gasteiger partial charge in [0.2, 0.25) is 10.0 Å². The number of carbonyl (C=O) groups is 1. The molecule has 1 saturated heterocycles. The fourth-order valence-electron chi connectivity index (χ4n) is 2.23. The number of sulfonamides is 1. The van der Waals surface area contributed by atoms with Crippen LogP contribution in [0.2, 0.25) is 0 Å². The zero-order valence-corrected chi connectivity index (χ0v) is 10.4. The van der Waals surface area contributed by atoms with E-state index < -0.39 is 10.0 Å². The van der Waals surface area contributed by atoms with Crippen molar-refractivity contribution >= 4 is 15.8 Å². The average molecular weight is 233 g/mol. The molecule has 2 atom stereocenters. The second-order valence-electron chi connectivity index (χ2n) is 4.35. The molecule has 5 heteroatoms. The first-order valence-electron chi connectivity index (χ1n) is 5.31. The molecule has 15 heavy (non-hydrogen) atoms. The van der Waals surface area contributed by atoms with Crippen molar-refractivity contribution < 1.29 is 13.2 Å². The standard InChI is InChI=1S/C10H19NO3S/c1-4-5-9-6-11(15(3,13)14)7-10(9)8(2)12/h9-10H,4-7H2,1-3H3/t9-,10?/m0/s1. The summed E-state index contributed by atoms with van der Waals surface area (Å²) in [4.78, 5) is 11.4. The van der Waals surface area contributed by atoms with E-state index >= 15 is 0 Å². The van der Waals surface area contributed by atoms with E-state index in [1.165, 1.54) is 10.6 Å². The first-order valence-corrected chi connectivity index (χ1v) is 7.16. The van der Waals surface area contributed by atoms with E-state index in [2.05, 4.69) is 6.92 Å². The van der Waals surface area contributed by atoms with E-state index in [1.807, 2.05) is 0 Å². The van der Waals surface area contributed by atoms with E-state index in [0.29, 0.717) is 13.1 Å². The monoisotopic (exact) mass is 233 g/mol. The number of ketones is 1. The summed E-state index contributed by atoms with van der Waals surface area (Å²) in [5.74, 6) is 0.224. The molecule has 1 heterocycles. The third-order valence-corrected chi connectivity index (χ3v) is 4.29. The van der Waals surface area contributed by atoms with Gasteiger partial charge in [-0.2, -0.15) is 0 Å². The summed E-state index contributed by atoms with van der Waals surface area (Å²) in [7, 11) is -3.14. The van der Waals surface area contributed by atoms with Gasteiger partial charge in [0.05, 0.1) is 6.26 Å². The van der Waals surface area contributed by atoms with Crippen LogP contribution in [0.1, 0.15) is 26.7 Å². The Kier molecular flexibility index (Phi) is 3.89. The molecule has 1 unspecified atom stereocenters. The fourth-order valence-corrected chi connectivity index (χ4v) is 3.12. The van der Waals surface area contributed by atoms with Gasteiger partial charge in [0.25, 0.3) is 0 Å². The van der Waals surface area contributed by atoms with Crippen LogP contribution in [0.15, 0.2) is 0 Å². The largest absolute Gasteiger partial charge is 0.300 e. The number of carbonyl (C=O) groups excluding carboxylic acids is 1. The van der Waals surface area contributed by atoms with Gasteiger partial charge in [-0.05, 0) is 19.3 Å². The topological polar surface area (TPSA) is 54.5 Å².